The summed E-state index contributed by atoms with van der Waals surface area (Å²) in [6, 6.07) is 4.62. The van der Waals surface area contributed by atoms with Crippen LogP contribution in [0.2, 0.25) is 0 Å². The van der Waals surface area contributed by atoms with E-state index in [-0.39, 0.29) is 76.2 Å². The molecular weight excluding hydrogens is 522 g/mol. The van der Waals surface area contributed by atoms with Crippen LogP contribution in [0.3, 0.4) is 0 Å². The molecule has 1 aromatic rings. The Labute approximate surface area is 236 Å². The minimum Gasteiger partial charge on any atom is -0.274 e. The molecule has 8 aliphatic rings. The van der Waals surface area contributed by atoms with Crippen LogP contribution in [0.5, 0.6) is 0 Å². The van der Waals surface area contributed by atoms with E-state index in [9.17, 15) is 28.8 Å². The second-order valence-corrected chi connectivity index (χ2v) is 13.2. The van der Waals surface area contributed by atoms with Crippen molar-refractivity contribution in [3.05, 3.63) is 42.5 Å². The summed E-state index contributed by atoms with van der Waals surface area (Å²) in [6.45, 7) is 0. The van der Waals surface area contributed by atoms with Gasteiger partial charge >= 0.3 is 0 Å². The number of benzene rings is 1. The van der Waals surface area contributed by atoms with Crippen molar-refractivity contribution in [1.82, 2.24) is 0 Å². The van der Waals surface area contributed by atoms with Crippen molar-refractivity contribution in [2.75, 3.05) is 14.7 Å². The van der Waals surface area contributed by atoms with Crippen LogP contribution < -0.4 is 14.7 Å². The molecule has 6 fully saturated rings. The molecule has 9 nitrogen and oxygen atoms in total. The van der Waals surface area contributed by atoms with Gasteiger partial charge in [0.05, 0.1) is 52.6 Å². The first-order valence-electron chi connectivity index (χ1n) is 15.0. The third-order valence-electron chi connectivity index (χ3n) is 11.4. The maximum absolute atomic E-state index is 13.7. The molecule has 9 rings (SSSR count). The second-order valence-electron chi connectivity index (χ2n) is 13.2. The predicted octanol–water partition coefficient (Wildman–Crippen LogP) is 2.99. The molecule has 3 saturated carbocycles. The summed E-state index contributed by atoms with van der Waals surface area (Å²) >= 11 is 0. The van der Waals surface area contributed by atoms with Gasteiger partial charge in [0.1, 0.15) is 0 Å². The molecule has 3 heterocycles. The Morgan fingerprint density at radius 3 is 1.05 bits per heavy atom. The highest BCUT2D eigenvalue weighted by Crippen LogP contribution is 2.56. The highest BCUT2D eigenvalue weighted by molar-refractivity contribution is 6.27. The predicted molar refractivity (Wildman–Crippen MR) is 145 cm³/mol. The number of hydrogen-bond acceptors (Lipinski definition) is 6. The van der Waals surface area contributed by atoms with Gasteiger partial charge in [0, 0.05) is 0 Å². The summed E-state index contributed by atoms with van der Waals surface area (Å²) in [7, 11) is 0. The van der Waals surface area contributed by atoms with E-state index < -0.39 is 35.5 Å². The molecule has 3 aliphatic heterocycles. The molecule has 6 amide bonds. The Kier molecular flexibility index (Phi) is 4.58. The fourth-order valence-corrected chi connectivity index (χ4v) is 9.70. The first-order chi connectivity index (χ1) is 19.8. The highest BCUT2D eigenvalue weighted by atomic mass is 16.2. The molecule has 3 saturated heterocycles. The van der Waals surface area contributed by atoms with E-state index in [1.807, 2.05) is 24.3 Å². The van der Waals surface area contributed by atoms with Crippen molar-refractivity contribution in [1.29, 1.82) is 0 Å². The van der Waals surface area contributed by atoms with E-state index >= 15 is 0 Å². The molecule has 10 unspecified atom stereocenters. The van der Waals surface area contributed by atoms with Crippen LogP contribution in [0.25, 0.3) is 0 Å². The van der Waals surface area contributed by atoms with Crippen LogP contribution in [0, 0.1) is 59.2 Å². The van der Waals surface area contributed by atoms with Gasteiger partial charge in [-0.3, -0.25) is 28.8 Å². The lowest BCUT2D eigenvalue weighted by molar-refractivity contribution is -0.124. The van der Waals surface area contributed by atoms with E-state index in [1.54, 1.807) is 18.2 Å². The van der Waals surface area contributed by atoms with Crippen LogP contribution in [0.1, 0.15) is 38.5 Å². The maximum Gasteiger partial charge on any atom is 0.238 e. The number of amides is 6. The van der Waals surface area contributed by atoms with Crippen LogP contribution in [0.15, 0.2) is 42.5 Å². The summed E-state index contributed by atoms with van der Waals surface area (Å²) in [5, 5.41) is 0. The number of rotatable bonds is 3. The Bertz CT molecular complexity index is 1410. The summed E-state index contributed by atoms with van der Waals surface area (Å²) in [6.07, 6.45) is 12.7. The molecular formula is C32H29N3O6. The molecule has 1 aromatic carbocycles. The smallest absolute Gasteiger partial charge is 0.238 e. The molecule has 0 radical (unpaired) electrons. The van der Waals surface area contributed by atoms with Gasteiger partial charge in [-0.15, -0.1) is 0 Å². The summed E-state index contributed by atoms with van der Waals surface area (Å²) in [5.41, 5.74) is 0.616. The third-order valence-corrected chi connectivity index (χ3v) is 11.4. The Hall–Kier alpha value is -3.88. The van der Waals surface area contributed by atoms with Gasteiger partial charge in [-0.05, 0) is 67.6 Å². The third kappa shape index (κ3) is 2.87. The largest absolute Gasteiger partial charge is 0.274 e. The van der Waals surface area contributed by atoms with Crippen molar-refractivity contribution in [2.24, 2.45) is 59.2 Å². The van der Waals surface area contributed by atoms with E-state index in [2.05, 4.69) is 0 Å². The summed E-state index contributed by atoms with van der Waals surface area (Å²) < 4.78 is 0. The molecule has 208 valence electrons. The second kappa shape index (κ2) is 7.89. The number of nitrogens with zero attached hydrogens (tertiary/aromatic N) is 3. The fourth-order valence-electron chi connectivity index (χ4n) is 9.70. The maximum atomic E-state index is 13.7. The normalized spacial score (nSPS) is 41.5. The monoisotopic (exact) mass is 551 g/mol. The van der Waals surface area contributed by atoms with Gasteiger partial charge in [0.15, 0.2) is 0 Å². The molecule has 0 aromatic heterocycles. The SMILES string of the molecule is O=C1C2CCCCC2C(=O)N1c1cc(N2C(=O)C3C4C=CC(C4)C3C2=O)cc(N2C(=O)C3C4C=CC(C4)C3C2=O)c1. The lowest BCUT2D eigenvalue weighted by Crippen LogP contribution is -2.36. The van der Waals surface area contributed by atoms with E-state index in [4.69, 9.17) is 0 Å². The lowest BCUT2D eigenvalue weighted by atomic mass is 9.81. The number of carbonyl (C=O) groups is 6. The van der Waals surface area contributed by atoms with Gasteiger partial charge in [-0.2, -0.15) is 0 Å². The zero-order valence-corrected chi connectivity index (χ0v) is 22.3. The van der Waals surface area contributed by atoms with Crippen LogP contribution in [-0.2, 0) is 28.8 Å². The highest BCUT2D eigenvalue weighted by Gasteiger charge is 2.61. The number of fused-ring (bicyclic) bond motifs is 11. The minimum atomic E-state index is -0.432. The molecule has 9 heteroatoms. The number of hydrogen-bond donors (Lipinski definition) is 0. The molecule has 0 spiro atoms. The number of anilines is 3. The van der Waals surface area contributed by atoms with Crippen molar-refractivity contribution in [2.45, 2.75) is 38.5 Å². The van der Waals surface area contributed by atoms with Crippen molar-refractivity contribution < 1.29 is 28.8 Å². The standard InChI is InChI=1S/C32H29N3O6/c36-27-21-3-1-2-4-22(21)28(37)33(27)18-11-19(34-29(38)23-14-5-6-15(9-14)24(23)30(34)39)13-20(12-18)35-31(40)25-16-7-8-17(10-16)26(25)32(35)41/h5-8,11-17,21-26H,1-4,9-10H2. The zero-order valence-electron chi connectivity index (χ0n) is 22.3. The number of carbonyl (C=O) groups excluding carboxylic acids is 6. The fraction of sp³-hybridized carbons (Fsp3) is 0.500. The van der Waals surface area contributed by atoms with E-state index in [0.29, 0.717) is 12.8 Å². The van der Waals surface area contributed by atoms with Crippen molar-refractivity contribution in [3.8, 4) is 0 Å². The Morgan fingerprint density at radius 1 is 0.439 bits per heavy atom. The van der Waals surface area contributed by atoms with Crippen molar-refractivity contribution in [3.63, 3.8) is 0 Å². The quantitative estimate of drug-likeness (QED) is 0.422. The Balaban J connectivity index is 1.17. The minimum absolute atomic E-state index is 0.0167. The van der Waals surface area contributed by atoms with Gasteiger partial charge in [0.2, 0.25) is 35.4 Å². The van der Waals surface area contributed by atoms with Gasteiger partial charge < -0.3 is 0 Å². The topological polar surface area (TPSA) is 112 Å². The van der Waals surface area contributed by atoms with Crippen LogP contribution >= 0.6 is 0 Å². The number of imide groups is 3. The lowest BCUT2D eigenvalue weighted by Gasteiger charge is -2.25. The van der Waals surface area contributed by atoms with Crippen molar-refractivity contribution >= 4 is 52.5 Å². The summed E-state index contributed by atoms with van der Waals surface area (Å²) in [4.78, 5) is 85.6. The van der Waals surface area contributed by atoms with Gasteiger partial charge in [0.25, 0.3) is 0 Å². The molecule has 4 bridgehead atoms. The molecule has 0 N–H and O–H groups in total. The Morgan fingerprint density at radius 2 is 0.732 bits per heavy atom. The van der Waals surface area contributed by atoms with E-state index in [1.165, 1.54) is 14.7 Å². The van der Waals surface area contributed by atoms with Crippen LogP contribution in [-0.4, -0.2) is 35.4 Å². The zero-order chi connectivity index (χ0) is 27.9. The average molecular weight is 552 g/mol. The van der Waals surface area contributed by atoms with E-state index in [0.717, 1.165) is 25.7 Å². The van der Waals surface area contributed by atoms with Crippen LogP contribution in [0.4, 0.5) is 17.1 Å². The molecule has 41 heavy (non-hydrogen) atoms. The summed E-state index contributed by atoms with van der Waals surface area (Å²) in [5.74, 6) is -4.23. The molecule has 10 atom stereocenters. The first-order valence-corrected chi connectivity index (χ1v) is 15.0. The first kappa shape index (κ1) is 23.8. The number of allylic oxidation sites excluding steroid dienone is 4. The average Bonchev–Trinajstić information content (AvgIpc) is 3.82. The van der Waals surface area contributed by atoms with Gasteiger partial charge in [-0.25, -0.2) is 14.7 Å². The molecule has 5 aliphatic carbocycles. The van der Waals surface area contributed by atoms with Gasteiger partial charge in [-0.1, -0.05) is 37.1 Å².